The lowest BCUT2D eigenvalue weighted by Crippen LogP contribution is -2.45. The van der Waals surface area contributed by atoms with Gasteiger partial charge in [-0.2, -0.15) is 0 Å². The molecule has 6 nitrogen and oxygen atoms in total. The fourth-order valence-corrected chi connectivity index (χ4v) is 14.1. The van der Waals surface area contributed by atoms with Crippen LogP contribution in [0.3, 0.4) is 0 Å². The third-order valence-corrected chi connectivity index (χ3v) is 20.7. The third-order valence-electron chi connectivity index (χ3n) is 20.7. The van der Waals surface area contributed by atoms with Gasteiger partial charge in [0.15, 0.2) is 0 Å². The van der Waals surface area contributed by atoms with E-state index in [0.29, 0.717) is 19.4 Å². The highest BCUT2D eigenvalue weighted by Gasteiger charge is 2.18. The lowest BCUT2D eigenvalue weighted by atomic mass is 10.0. The molecule has 0 heterocycles. The molecule has 0 aliphatic rings. The summed E-state index contributed by atoms with van der Waals surface area (Å²) in [5, 5.41) is 23.3. The highest BCUT2D eigenvalue weighted by Crippen LogP contribution is 2.21. The number of allylic oxidation sites excluding steroid dienone is 3. The lowest BCUT2D eigenvalue weighted by Gasteiger charge is -2.20. The standard InChI is InChI=1S/C88H171NO5/c1-3-5-7-9-11-13-15-17-19-20-21-22-40-43-46-49-53-56-60-64-68-72-76-80-86(91)85(84-90)89-87(92)81-77-73-69-65-61-57-54-50-47-44-41-38-36-34-32-30-28-26-24-23-25-27-29-31-33-35-37-39-42-45-48-51-55-59-63-67-71-75-79-83-94-88(93)82-78-74-70-66-62-58-52-18-16-14-12-10-8-6-4-2/h18,52,76,80,85-86,90-91H,3-17,19-51,53-75,77-79,81-84H2,1-2H3,(H,89,92)/b52-18-,80-76+. The summed E-state index contributed by atoms with van der Waals surface area (Å²) in [5.41, 5.74) is 0. The molecule has 6 heteroatoms. The maximum Gasteiger partial charge on any atom is 0.305 e. The van der Waals surface area contributed by atoms with Crippen molar-refractivity contribution in [1.29, 1.82) is 0 Å². The molecule has 0 bridgehead atoms. The molecule has 558 valence electrons. The Morgan fingerprint density at radius 1 is 0.287 bits per heavy atom. The van der Waals surface area contributed by atoms with Gasteiger partial charge in [0, 0.05) is 12.8 Å². The molecule has 3 N–H and O–H groups in total. The van der Waals surface area contributed by atoms with Crippen molar-refractivity contribution in [2.75, 3.05) is 13.2 Å². The largest absolute Gasteiger partial charge is 0.466 e. The number of ether oxygens (including phenoxy) is 1. The van der Waals surface area contributed by atoms with Gasteiger partial charge < -0.3 is 20.3 Å². The predicted octanol–water partition coefficient (Wildman–Crippen LogP) is 29.2. The Labute approximate surface area is 590 Å². The predicted molar refractivity (Wildman–Crippen MR) is 417 cm³/mol. The van der Waals surface area contributed by atoms with Crippen molar-refractivity contribution in [1.82, 2.24) is 5.32 Å². The zero-order valence-electron chi connectivity index (χ0n) is 64.2. The van der Waals surface area contributed by atoms with Crippen LogP contribution in [-0.4, -0.2) is 47.4 Å². The molecule has 2 unspecified atom stereocenters. The van der Waals surface area contributed by atoms with Crippen molar-refractivity contribution in [2.24, 2.45) is 0 Å². The molecule has 0 fully saturated rings. The monoisotopic (exact) mass is 1320 g/mol. The first-order chi connectivity index (χ1) is 46.5. The first-order valence-corrected chi connectivity index (χ1v) is 43.6. The molecule has 94 heavy (non-hydrogen) atoms. The number of carbonyl (C=O) groups is 2. The van der Waals surface area contributed by atoms with Crippen LogP contribution in [-0.2, 0) is 14.3 Å². The molecule has 0 aromatic rings. The summed E-state index contributed by atoms with van der Waals surface area (Å²) in [6.07, 6.45) is 109. The van der Waals surface area contributed by atoms with Gasteiger partial charge in [-0.1, -0.05) is 456 Å². The van der Waals surface area contributed by atoms with E-state index in [1.54, 1.807) is 6.08 Å². The van der Waals surface area contributed by atoms with Gasteiger partial charge in [0.05, 0.1) is 25.4 Å². The summed E-state index contributed by atoms with van der Waals surface area (Å²) in [5.74, 6) is -0.0391. The number of unbranched alkanes of at least 4 members (excludes halogenated alkanes) is 70. The maximum atomic E-state index is 12.6. The van der Waals surface area contributed by atoms with E-state index >= 15 is 0 Å². The fraction of sp³-hybridized carbons (Fsp3) is 0.932. The molecule has 0 radical (unpaired) electrons. The number of amides is 1. The topological polar surface area (TPSA) is 95.9 Å². The zero-order chi connectivity index (χ0) is 67.7. The normalized spacial score (nSPS) is 12.5. The molecule has 2 atom stereocenters. The van der Waals surface area contributed by atoms with E-state index in [1.165, 1.54) is 430 Å². The Bertz CT molecular complexity index is 1480. The summed E-state index contributed by atoms with van der Waals surface area (Å²) in [4.78, 5) is 24.7. The summed E-state index contributed by atoms with van der Waals surface area (Å²) < 4.78 is 5.50. The van der Waals surface area contributed by atoms with Crippen LogP contribution in [0, 0.1) is 0 Å². The molecule has 0 aromatic carbocycles. The Balaban J connectivity index is 3.32. The van der Waals surface area contributed by atoms with Crippen molar-refractivity contribution in [3.63, 3.8) is 0 Å². The van der Waals surface area contributed by atoms with Crippen LogP contribution >= 0.6 is 0 Å². The first-order valence-electron chi connectivity index (χ1n) is 43.6. The van der Waals surface area contributed by atoms with Crippen LogP contribution in [0.4, 0.5) is 0 Å². The second kappa shape index (κ2) is 83.8. The van der Waals surface area contributed by atoms with Gasteiger partial charge in [0.1, 0.15) is 0 Å². The number of rotatable bonds is 83. The quantitative estimate of drug-likeness (QED) is 0.0320. The molecule has 0 spiro atoms. The van der Waals surface area contributed by atoms with Crippen LogP contribution < -0.4 is 5.32 Å². The molecule has 0 aliphatic carbocycles. The Morgan fingerprint density at radius 3 is 0.755 bits per heavy atom. The fourth-order valence-electron chi connectivity index (χ4n) is 14.1. The summed E-state index contributed by atoms with van der Waals surface area (Å²) in [7, 11) is 0. The van der Waals surface area contributed by atoms with E-state index in [2.05, 4.69) is 31.3 Å². The number of aliphatic hydroxyl groups excluding tert-OH is 2. The van der Waals surface area contributed by atoms with Crippen molar-refractivity contribution >= 4 is 11.9 Å². The van der Waals surface area contributed by atoms with Crippen LogP contribution in [0.5, 0.6) is 0 Å². The summed E-state index contributed by atoms with van der Waals surface area (Å²) in [6, 6.07) is -0.624. The molecular formula is C88H171NO5. The van der Waals surface area contributed by atoms with Crippen molar-refractivity contribution in [3.8, 4) is 0 Å². The van der Waals surface area contributed by atoms with Gasteiger partial charge in [-0.3, -0.25) is 9.59 Å². The number of carbonyl (C=O) groups excluding carboxylic acids is 2. The lowest BCUT2D eigenvalue weighted by molar-refractivity contribution is -0.143. The number of esters is 1. The summed E-state index contributed by atoms with van der Waals surface area (Å²) in [6.45, 7) is 4.96. The average molecular weight is 1320 g/mol. The van der Waals surface area contributed by atoms with Crippen molar-refractivity contribution in [3.05, 3.63) is 24.3 Å². The third kappa shape index (κ3) is 79.3. The van der Waals surface area contributed by atoms with E-state index in [1.807, 2.05) is 6.08 Å². The minimum Gasteiger partial charge on any atom is -0.466 e. The zero-order valence-corrected chi connectivity index (χ0v) is 64.2. The molecule has 0 aliphatic heterocycles. The molecule has 0 saturated heterocycles. The van der Waals surface area contributed by atoms with Crippen LogP contribution in [0.1, 0.15) is 502 Å². The Hall–Kier alpha value is -1.66. The van der Waals surface area contributed by atoms with E-state index in [4.69, 9.17) is 4.74 Å². The van der Waals surface area contributed by atoms with Crippen LogP contribution in [0.25, 0.3) is 0 Å². The summed E-state index contributed by atoms with van der Waals surface area (Å²) >= 11 is 0. The van der Waals surface area contributed by atoms with E-state index < -0.39 is 12.1 Å². The number of nitrogens with one attached hydrogen (secondary N) is 1. The SMILES string of the molecule is CCCCCCCC/C=C\CCCCCCCC(=O)OCCCCCCCCCCCCCCCCCCCCCCCCCCCCCCCCCCCCCCCCCC(=O)NC(CO)C(O)/C=C/CCCCCCCCCCCCCCCCCCCCCCC. The maximum absolute atomic E-state index is 12.6. The minimum atomic E-state index is -0.841. The molecule has 0 aromatic heterocycles. The smallest absolute Gasteiger partial charge is 0.305 e. The van der Waals surface area contributed by atoms with Gasteiger partial charge in [0.25, 0.3) is 0 Å². The van der Waals surface area contributed by atoms with Crippen molar-refractivity contribution < 1.29 is 24.5 Å². The second-order valence-electron chi connectivity index (χ2n) is 30.2. The first kappa shape index (κ1) is 92.3. The minimum absolute atomic E-state index is 0.0170. The van der Waals surface area contributed by atoms with Crippen LogP contribution in [0.15, 0.2) is 24.3 Å². The number of aliphatic hydroxyl groups is 2. The van der Waals surface area contributed by atoms with Gasteiger partial charge in [-0.05, 0) is 57.8 Å². The number of hydrogen-bond acceptors (Lipinski definition) is 5. The van der Waals surface area contributed by atoms with Gasteiger partial charge in [-0.25, -0.2) is 0 Å². The molecule has 0 saturated carbocycles. The Morgan fingerprint density at radius 2 is 0.500 bits per heavy atom. The second-order valence-corrected chi connectivity index (χ2v) is 30.2. The van der Waals surface area contributed by atoms with E-state index in [-0.39, 0.29) is 18.5 Å². The van der Waals surface area contributed by atoms with E-state index in [9.17, 15) is 19.8 Å². The average Bonchev–Trinajstić information content (AvgIpc) is 3.63. The van der Waals surface area contributed by atoms with Gasteiger partial charge in [0.2, 0.25) is 5.91 Å². The molecule has 1 amide bonds. The molecule has 0 rings (SSSR count). The molecular weight excluding hydrogens is 1150 g/mol. The highest BCUT2D eigenvalue weighted by molar-refractivity contribution is 5.76. The highest BCUT2D eigenvalue weighted by atomic mass is 16.5. The van der Waals surface area contributed by atoms with Gasteiger partial charge in [-0.15, -0.1) is 0 Å². The van der Waals surface area contributed by atoms with E-state index in [0.717, 1.165) is 44.9 Å². The number of hydrogen-bond donors (Lipinski definition) is 3. The van der Waals surface area contributed by atoms with Crippen molar-refractivity contribution in [2.45, 2.75) is 514 Å². The van der Waals surface area contributed by atoms with Crippen LogP contribution in [0.2, 0.25) is 0 Å². The Kier molecular flexibility index (Phi) is 82.3. The van der Waals surface area contributed by atoms with Gasteiger partial charge >= 0.3 is 5.97 Å².